The Kier molecular flexibility index (Phi) is 5.03. The molecular formula is C14H20BrNO2. The lowest BCUT2D eigenvalue weighted by Gasteiger charge is -2.24. The average Bonchev–Trinajstić information content (AvgIpc) is 2.79. The Hall–Kier alpha value is -0.580. The fourth-order valence-electron chi connectivity index (χ4n) is 2.66. The number of benzene rings is 1. The third-order valence-corrected chi connectivity index (χ3v) is 4.10. The van der Waals surface area contributed by atoms with Gasteiger partial charge in [0.05, 0.1) is 0 Å². The number of aliphatic hydroxyl groups excluding tert-OH is 1. The first kappa shape index (κ1) is 13.8. The molecule has 1 fully saturated rings. The molecule has 1 aliphatic rings. The normalized spacial score (nSPS) is 20.4. The van der Waals surface area contributed by atoms with Crippen LogP contribution in [0, 0.1) is 0 Å². The maximum atomic E-state index is 9.87. The van der Waals surface area contributed by atoms with Gasteiger partial charge in [0, 0.05) is 29.2 Å². The number of phenols is 1. The smallest absolute Gasteiger partial charge is 0.120 e. The molecule has 0 spiro atoms. The minimum absolute atomic E-state index is 0.270. The van der Waals surface area contributed by atoms with Crippen LogP contribution in [0.2, 0.25) is 0 Å². The van der Waals surface area contributed by atoms with Crippen LogP contribution in [-0.2, 0) is 6.54 Å². The minimum Gasteiger partial charge on any atom is -0.508 e. The van der Waals surface area contributed by atoms with E-state index in [1.807, 2.05) is 12.1 Å². The Morgan fingerprint density at radius 3 is 3.00 bits per heavy atom. The maximum Gasteiger partial charge on any atom is 0.120 e. The Morgan fingerprint density at radius 1 is 1.39 bits per heavy atom. The number of rotatable bonds is 5. The molecule has 1 atom stereocenters. The fourth-order valence-corrected chi connectivity index (χ4v) is 3.07. The Morgan fingerprint density at radius 2 is 2.22 bits per heavy atom. The van der Waals surface area contributed by atoms with Crippen LogP contribution in [0.5, 0.6) is 5.75 Å². The number of nitrogens with zero attached hydrogens (tertiary/aromatic N) is 1. The number of hydrogen-bond acceptors (Lipinski definition) is 3. The van der Waals surface area contributed by atoms with Gasteiger partial charge in [0.2, 0.25) is 0 Å². The lowest BCUT2D eigenvalue weighted by Crippen LogP contribution is -2.29. The van der Waals surface area contributed by atoms with E-state index >= 15 is 0 Å². The second-order valence-electron chi connectivity index (χ2n) is 4.91. The summed E-state index contributed by atoms with van der Waals surface area (Å²) in [5.41, 5.74) is 0.972. The highest BCUT2D eigenvalue weighted by Crippen LogP contribution is 2.28. The average molecular weight is 314 g/mol. The first-order valence-corrected chi connectivity index (χ1v) is 7.32. The molecule has 1 aromatic rings. The van der Waals surface area contributed by atoms with Gasteiger partial charge in [0.25, 0.3) is 0 Å². The molecule has 0 aliphatic carbocycles. The molecule has 18 heavy (non-hydrogen) atoms. The van der Waals surface area contributed by atoms with Gasteiger partial charge in [-0.2, -0.15) is 0 Å². The van der Waals surface area contributed by atoms with E-state index in [0.717, 1.165) is 36.0 Å². The van der Waals surface area contributed by atoms with Gasteiger partial charge in [-0.15, -0.1) is 0 Å². The minimum atomic E-state index is 0.270. The highest BCUT2D eigenvalue weighted by Gasteiger charge is 2.24. The molecule has 0 aromatic heterocycles. The molecule has 4 heteroatoms. The zero-order valence-electron chi connectivity index (χ0n) is 10.5. The summed E-state index contributed by atoms with van der Waals surface area (Å²) in [5.74, 6) is 0.367. The molecule has 100 valence electrons. The molecule has 1 aromatic carbocycles. The first-order valence-electron chi connectivity index (χ1n) is 6.53. The van der Waals surface area contributed by atoms with Crippen LogP contribution in [0.15, 0.2) is 22.7 Å². The third kappa shape index (κ3) is 3.46. The van der Waals surface area contributed by atoms with Crippen molar-refractivity contribution in [3.8, 4) is 5.75 Å². The number of hydrogen-bond donors (Lipinski definition) is 2. The molecule has 0 amide bonds. The topological polar surface area (TPSA) is 43.7 Å². The third-order valence-electron chi connectivity index (χ3n) is 3.61. The zero-order valence-corrected chi connectivity index (χ0v) is 12.1. The predicted octanol–water partition coefficient (Wildman–Crippen LogP) is 2.89. The summed E-state index contributed by atoms with van der Waals surface area (Å²) >= 11 is 3.44. The van der Waals surface area contributed by atoms with Crippen molar-refractivity contribution in [2.24, 2.45) is 0 Å². The second-order valence-corrected chi connectivity index (χ2v) is 5.82. The summed E-state index contributed by atoms with van der Waals surface area (Å²) in [6.45, 7) is 2.15. The van der Waals surface area contributed by atoms with E-state index in [0.29, 0.717) is 11.8 Å². The molecule has 1 aliphatic heterocycles. The van der Waals surface area contributed by atoms with Gasteiger partial charge < -0.3 is 10.2 Å². The standard InChI is InChI=1S/C14H20BrNO2/c15-12-5-6-14(18)11(9-12)10-16-7-1-3-13(16)4-2-8-17/h5-6,9,13,17-18H,1-4,7-8,10H2. The molecule has 1 heterocycles. The molecule has 1 unspecified atom stereocenters. The highest BCUT2D eigenvalue weighted by molar-refractivity contribution is 9.10. The molecule has 3 nitrogen and oxygen atoms in total. The van der Waals surface area contributed by atoms with Crippen LogP contribution in [0.1, 0.15) is 31.2 Å². The molecule has 0 bridgehead atoms. The summed E-state index contributed by atoms with van der Waals surface area (Å²) < 4.78 is 1.00. The Bertz CT molecular complexity index is 397. The van der Waals surface area contributed by atoms with E-state index in [1.165, 1.54) is 12.8 Å². The van der Waals surface area contributed by atoms with Gasteiger partial charge in [-0.05, 0) is 50.4 Å². The van der Waals surface area contributed by atoms with Crippen LogP contribution >= 0.6 is 15.9 Å². The quantitative estimate of drug-likeness (QED) is 0.878. The summed E-state index contributed by atoms with van der Waals surface area (Å²) in [6, 6.07) is 6.12. The van der Waals surface area contributed by atoms with E-state index in [1.54, 1.807) is 6.07 Å². The lowest BCUT2D eigenvalue weighted by atomic mass is 10.1. The van der Waals surface area contributed by atoms with Crippen molar-refractivity contribution in [1.29, 1.82) is 0 Å². The van der Waals surface area contributed by atoms with Gasteiger partial charge in [-0.25, -0.2) is 0 Å². The van der Waals surface area contributed by atoms with Crippen molar-refractivity contribution in [3.63, 3.8) is 0 Å². The van der Waals surface area contributed by atoms with E-state index in [9.17, 15) is 5.11 Å². The zero-order chi connectivity index (χ0) is 13.0. The highest BCUT2D eigenvalue weighted by atomic mass is 79.9. The Balaban J connectivity index is 2.01. The predicted molar refractivity (Wildman–Crippen MR) is 75.6 cm³/mol. The summed E-state index contributed by atoms with van der Waals surface area (Å²) in [7, 11) is 0. The van der Waals surface area contributed by atoms with Crippen molar-refractivity contribution in [2.45, 2.75) is 38.3 Å². The summed E-state index contributed by atoms with van der Waals surface area (Å²) in [4.78, 5) is 2.41. The van der Waals surface area contributed by atoms with Crippen molar-refractivity contribution >= 4 is 15.9 Å². The number of halogens is 1. The molecule has 2 rings (SSSR count). The van der Waals surface area contributed by atoms with Crippen molar-refractivity contribution < 1.29 is 10.2 Å². The van der Waals surface area contributed by atoms with Gasteiger partial charge in [-0.1, -0.05) is 15.9 Å². The summed E-state index contributed by atoms with van der Waals surface area (Å²) in [6.07, 6.45) is 4.33. The van der Waals surface area contributed by atoms with Crippen LogP contribution in [0.3, 0.4) is 0 Å². The van der Waals surface area contributed by atoms with Crippen molar-refractivity contribution in [1.82, 2.24) is 4.90 Å². The number of likely N-dealkylation sites (tertiary alicyclic amines) is 1. The molecular weight excluding hydrogens is 294 g/mol. The van der Waals surface area contributed by atoms with E-state index < -0.39 is 0 Å². The largest absolute Gasteiger partial charge is 0.508 e. The lowest BCUT2D eigenvalue weighted by molar-refractivity contribution is 0.208. The summed E-state index contributed by atoms with van der Waals surface area (Å²) in [5, 5.41) is 18.8. The van der Waals surface area contributed by atoms with Crippen LogP contribution in [-0.4, -0.2) is 34.3 Å². The molecule has 1 saturated heterocycles. The molecule has 0 saturated carbocycles. The molecule has 2 N–H and O–H groups in total. The van der Waals surface area contributed by atoms with Crippen LogP contribution < -0.4 is 0 Å². The maximum absolute atomic E-state index is 9.87. The van der Waals surface area contributed by atoms with E-state index in [2.05, 4.69) is 20.8 Å². The monoisotopic (exact) mass is 313 g/mol. The van der Waals surface area contributed by atoms with E-state index in [4.69, 9.17) is 5.11 Å². The second kappa shape index (κ2) is 6.55. The van der Waals surface area contributed by atoms with Crippen molar-refractivity contribution in [2.75, 3.05) is 13.2 Å². The Labute approximate surface area is 117 Å². The number of aliphatic hydroxyl groups is 1. The molecule has 0 radical (unpaired) electrons. The SMILES string of the molecule is OCCCC1CCCN1Cc1cc(Br)ccc1O. The first-order chi connectivity index (χ1) is 8.70. The van der Waals surface area contributed by atoms with Crippen LogP contribution in [0.4, 0.5) is 0 Å². The van der Waals surface area contributed by atoms with Gasteiger partial charge in [-0.3, -0.25) is 4.90 Å². The number of aromatic hydroxyl groups is 1. The van der Waals surface area contributed by atoms with E-state index in [-0.39, 0.29) is 6.61 Å². The number of phenolic OH excluding ortho intramolecular Hbond substituents is 1. The van der Waals surface area contributed by atoms with Crippen LogP contribution in [0.25, 0.3) is 0 Å². The van der Waals surface area contributed by atoms with Gasteiger partial charge in [0.15, 0.2) is 0 Å². The van der Waals surface area contributed by atoms with Gasteiger partial charge in [0.1, 0.15) is 5.75 Å². The fraction of sp³-hybridized carbons (Fsp3) is 0.571. The van der Waals surface area contributed by atoms with Gasteiger partial charge >= 0.3 is 0 Å². The van der Waals surface area contributed by atoms with Crippen molar-refractivity contribution in [3.05, 3.63) is 28.2 Å².